The van der Waals surface area contributed by atoms with Crippen LogP contribution in [-0.2, 0) is 4.74 Å². The number of nitrogens with zero attached hydrogens (tertiary/aromatic N) is 1. The minimum absolute atomic E-state index is 0.145. The normalized spacial score (nSPS) is 36.8. The van der Waals surface area contributed by atoms with Crippen LogP contribution >= 0.6 is 0 Å². The van der Waals surface area contributed by atoms with Gasteiger partial charge in [-0.15, -0.1) is 0 Å². The van der Waals surface area contributed by atoms with Crippen LogP contribution in [0.3, 0.4) is 0 Å². The molecule has 11 heavy (non-hydrogen) atoms. The van der Waals surface area contributed by atoms with Crippen LogP contribution in [0.5, 0.6) is 0 Å². The molecule has 1 saturated carbocycles. The van der Waals surface area contributed by atoms with Crippen molar-refractivity contribution in [2.24, 2.45) is 5.92 Å². The van der Waals surface area contributed by atoms with E-state index in [1.165, 1.54) is 12.8 Å². The number of hydrogen-bond acceptors (Lipinski definition) is 2. The molecule has 0 N–H and O–H groups in total. The van der Waals surface area contributed by atoms with Crippen molar-refractivity contribution in [2.45, 2.75) is 25.4 Å². The molecule has 2 unspecified atom stereocenters. The fourth-order valence-electron chi connectivity index (χ4n) is 2.01. The lowest BCUT2D eigenvalue weighted by atomic mass is 10.0. The standard InChI is InChI=1S/C8H13NO2/c1-9-5-6-3-2-4-7(6)11-8(9)10/h6-7H,2-5H2,1H3. The second-order valence-electron chi connectivity index (χ2n) is 3.49. The third-order valence-electron chi connectivity index (χ3n) is 2.66. The Labute approximate surface area is 66.3 Å². The Balaban J connectivity index is 2.06. The van der Waals surface area contributed by atoms with Gasteiger partial charge in [-0.05, 0) is 19.3 Å². The monoisotopic (exact) mass is 155 g/mol. The zero-order chi connectivity index (χ0) is 7.84. The van der Waals surface area contributed by atoms with Crippen molar-refractivity contribution in [3.63, 3.8) is 0 Å². The molecular weight excluding hydrogens is 142 g/mol. The van der Waals surface area contributed by atoms with Crippen LogP contribution in [0.1, 0.15) is 19.3 Å². The van der Waals surface area contributed by atoms with Crippen LogP contribution in [-0.4, -0.2) is 30.7 Å². The van der Waals surface area contributed by atoms with Crippen LogP contribution in [0, 0.1) is 5.92 Å². The Bertz CT molecular complexity index is 181. The Kier molecular flexibility index (Phi) is 1.51. The molecule has 1 aliphatic heterocycles. The minimum atomic E-state index is -0.145. The van der Waals surface area contributed by atoms with Crippen LogP contribution in [0.4, 0.5) is 4.79 Å². The van der Waals surface area contributed by atoms with Crippen molar-refractivity contribution >= 4 is 6.09 Å². The Morgan fingerprint density at radius 3 is 3.18 bits per heavy atom. The first-order valence-corrected chi connectivity index (χ1v) is 4.19. The summed E-state index contributed by atoms with van der Waals surface area (Å²) >= 11 is 0. The molecule has 2 aliphatic rings. The Hall–Kier alpha value is -0.730. The van der Waals surface area contributed by atoms with Gasteiger partial charge in [0.25, 0.3) is 0 Å². The smallest absolute Gasteiger partial charge is 0.409 e. The summed E-state index contributed by atoms with van der Waals surface area (Å²) in [5, 5.41) is 0. The van der Waals surface area contributed by atoms with Gasteiger partial charge in [-0.25, -0.2) is 4.79 Å². The summed E-state index contributed by atoms with van der Waals surface area (Å²) in [4.78, 5) is 12.7. The van der Waals surface area contributed by atoms with Crippen molar-refractivity contribution in [3.05, 3.63) is 0 Å². The zero-order valence-corrected chi connectivity index (χ0v) is 6.75. The van der Waals surface area contributed by atoms with E-state index in [4.69, 9.17) is 4.74 Å². The average molecular weight is 155 g/mol. The molecule has 2 rings (SSSR count). The van der Waals surface area contributed by atoms with Crippen LogP contribution in [0.2, 0.25) is 0 Å². The van der Waals surface area contributed by atoms with E-state index in [0.29, 0.717) is 5.92 Å². The minimum Gasteiger partial charge on any atom is -0.446 e. The molecule has 2 fully saturated rings. The molecule has 1 saturated heterocycles. The molecule has 0 aromatic heterocycles. The van der Waals surface area contributed by atoms with Crippen molar-refractivity contribution in [2.75, 3.05) is 13.6 Å². The predicted octanol–water partition coefficient (Wildman–Crippen LogP) is 1.24. The summed E-state index contributed by atoms with van der Waals surface area (Å²) in [6.45, 7) is 0.892. The topological polar surface area (TPSA) is 29.5 Å². The van der Waals surface area contributed by atoms with Gasteiger partial charge in [-0.3, -0.25) is 0 Å². The van der Waals surface area contributed by atoms with E-state index in [0.717, 1.165) is 13.0 Å². The summed E-state index contributed by atoms with van der Waals surface area (Å²) in [5.74, 6) is 0.609. The number of ether oxygens (including phenoxy) is 1. The van der Waals surface area contributed by atoms with Crippen molar-refractivity contribution in [1.82, 2.24) is 4.90 Å². The highest BCUT2D eigenvalue weighted by molar-refractivity contribution is 5.68. The predicted molar refractivity (Wildman–Crippen MR) is 40.2 cm³/mol. The van der Waals surface area contributed by atoms with Gasteiger partial charge in [0.2, 0.25) is 0 Å². The fourth-order valence-corrected chi connectivity index (χ4v) is 2.01. The van der Waals surface area contributed by atoms with Crippen LogP contribution < -0.4 is 0 Å². The Morgan fingerprint density at radius 1 is 1.55 bits per heavy atom. The van der Waals surface area contributed by atoms with Crippen LogP contribution in [0.25, 0.3) is 0 Å². The molecule has 3 nitrogen and oxygen atoms in total. The van der Waals surface area contributed by atoms with Gasteiger partial charge in [0.15, 0.2) is 0 Å². The first-order valence-electron chi connectivity index (χ1n) is 4.19. The lowest BCUT2D eigenvalue weighted by molar-refractivity contribution is 0.0100. The average Bonchev–Trinajstić information content (AvgIpc) is 2.36. The molecule has 2 atom stereocenters. The third kappa shape index (κ3) is 1.08. The molecule has 1 aliphatic carbocycles. The number of fused-ring (bicyclic) bond motifs is 1. The Morgan fingerprint density at radius 2 is 2.36 bits per heavy atom. The first-order chi connectivity index (χ1) is 5.27. The van der Waals surface area contributed by atoms with E-state index in [-0.39, 0.29) is 12.2 Å². The zero-order valence-electron chi connectivity index (χ0n) is 6.75. The van der Waals surface area contributed by atoms with Gasteiger partial charge < -0.3 is 9.64 Å². The maximum atomic E-state index is 11.0. The number of rotatable bonds is 0. The molecule has 62 valence electrons. The molecule has 0 bridgehead atoms. The maximum Gasteiger partial charge on any atom is 0.409 e. The number of carbonyl (C=O) groups is 1. The molecule has 0 aromatic rings. The molecule has 0 aromatic carbocycles. The van der Waals surface area contributed by atoms with E-state index in [2.05, 4.69) is 0 Å². The highest BCUT2D eigenvalue weighted by Gasteiger charge is 2.36. The molecular formula is C8H13NO2. The van der Waals surface area contributed by atoms with Gasteiger partial charge >= 0.3 is 6.09 Å². The largest absolute Gasteiger partial charge is 0.446 e. The van der Waals surface area contributed by atoms with Gasteiger partial charge in [-0.1, -0.05) is 0 Å². The summed E-state index contributed by atoms with van der Waals surface area (Å²) in [6, 6.07) is 0. The van der Waals surface area contributed by atoms with E-state index < -0.39 is 0 Å². The second kappa shape index (κ2) is 2.40. The second-order valence-corrected chi connectivity index (χ2v) is 3.49. The van der Waals surface area contributed by atoms with Crippen LogP contribution in [0.15, 0.2) is 0 Å². The van der Waals surface area contributed by atoms with Crippen molar-refractivity contribution < 1.29 is 9.53 Å². The van der Waals surface area contributed by atoms with Crippen molar-refractivity contribution in [3.8, 4) is 0 Å². The number of amides is 1. The lowest BCUT2D eigenvalue weighted by Gasteiger charge is -2.31. The van der Waals surface area contributed by atoms with E-state index in [9.17, 15) is 4.79 Å². The quantitative estimate of drug-likeness (QED) is 0.526. The van der Waals surface area contributed by atoms with Crippen molar-refractivity contribution in [1.29, 1.82) is 0 Å². The highest BCUT2D eigenvalue weighted by Crippen LogP contribution is 2.32. The summed E-state index contributed by atoms with van der Waals surface area (Å²) in [6.07, 6.45) is 3.61. The lowest BCUT2D eigenvalue weighted by Crippen LogP contribution is -2.43. The number of hydrogen-bond donors (Lipinski definition) is 0. The maximum absolute atomic E-state index is 11.0. The van der Waals surface area contributed by atoms with E-state index >= 15 is 0 Å². The highest BCUT2D eigenvalue weighted by atomic mass is 16.6. The molecule has 1 heterocycles. The molecule has 0 spiro atoms. The SMILES string of the molecule is CN1CC2CCCC2OC1=O. The van der Waals surface area contributed by atoms with Gasteiger partial charge in [0.05, 0.1) is 0 Å². The first kappa shape index (κ1) is 6.95. The summed E-state index contributed by atoms with van der Waals surface area (Å²) < 4.78 is 5.21. The molecule has 0 radical (unpaired) electrons. The van der Waals surface area contributed by atoms with Gasteiger partial charge in [0, 0.05) is 19.5 Å². The van der Waals surface area contributed by atoms with Gasteiger partial charge in [-0.2, -0.15) is 0 Å². The molecule has 1 amide bonds. The van der Waals surface area contributed by atoms with Gasteiger partial charge in [0.1, 0.15) is 6.10 Å². The number of carbonyl (C=O) groups excluding carboxylic acids is 1. The molecule has 3 heteroatoms. The van der Waals surface area contributed by atoms with E-state index in [1.807, 2.05) is 0 Å². The fraction of sp³-hybridized carbons (Fsp3) is 0.875. The van der Waals surface area contributed by atoms with E-state index in [1.54, 1.807) is 11.9 Å². The summed E-state index contributed by atoms with van der Waals surface area (Å²) in [7, 11) is 1.80. The third-order valence-corrected chi connectivity index (χ3v) is 2.66. The summed E-state index contributed by atoms with van der Waals surface area (Å²) in [5.41, 5.74) is 0.